The topological polar surface area (TPSA) is 49.4 Å². The molecule has 2 aliphatic heterocycles. The summed E-state index contributed by atoms with van der Waals surface area (Å²) in [5.41, 5.74) is 0. The number of nitrogens with one attached hydrogen (secondary N) is 1. The summed E-state index contributed by atoms with van der Waals surface area (Å²) in [6.45, 7) is 3.89. The van der Waals surface area contributed by atoms with Crippen molar-refractivity contribution in [1.82, 2.24) is 9.62 Å². The third-order valence-electron chi connectivity index (χ3n) is 4.17. The molecular formula is C11H20N2O2S. The first-order valence-electron chi connectivity index (χ1n) is 6.30. The first kappa shape index (κ1) is 11.0. The van der Waals surface area contributed by atoms with Crippen LogP contribution in [0, 0.1) is 11.8 Å². The van der Waals surface area contributed by atoms with Crippen molar-refractivity contribution >= 4 is 10.0 Å². The minimum atomic E-state index is -3.01. The van der Waals surface area contributed by atoms with Gasteiger partial charge in [0.25, 0.3) is 0 Å². The minimum Gasteiger partial charge on any atom is -0.315 e. The highest BCUT2D eigenvalue weighted by Crippen LogP contribution is 2.38. The summed E-state index contributed by atoms with van der Waals surface area (Å²) in [6.07, 6.45) is 3.24. The molecule has 3 atom stereocenters. The molecule has 3 unspecified atom stereocenters. The molecule has 1 saturated carbocycles. The Morgan fingerprint density at radius 2 is 2.06 bits per heavy atom. The van der Waals surface area contributed by atoms with Crippen LogP contribution < -0.4 is 5.32 Å². The van der Waals surface area contributed by atoms with Crippen LogP contribution in [0.1, 0.15) is 26.2 Å². The van der Waals surface area contributed by atoms with Gasteiger partial charge in [-0.2, -0.15) is 4.31 Å². The predicted molar refractivity (Wildman–Crippen MR) is 62.6 cm³/mol. The lowest BCUT2D eigenvalue weighted by molar-refractivity contribution is 0.335. The summed E-state index contributed by atoms with van der Waals surface area (Å²) in [4.78, 5) is 0. The van der Waals surface area contributed by atoms with Gasteiger partial charge in [0.2, 0.25) is 10.0 Å². The van der Waals surface area contributed by atoms with E-state index in [0.29, 0.717) is 17.6 Å². The summed E-state index contributed by atoms with van der Waals surface area (Å²) in [5, 5.41) is 3.31. The van der Waals surface area contributed by atoms with Crippen LogP contribution in [0.3, 0.4) is 0 Å². The predicted octanol–water partition coefficient (Wildman–Crippen LogP) is 0.408. The minimum absolute atomic E-state index is 0.209. The van der Waals surface area contributed by atoms with Gasteiger partial charge in [0.1, 0.15) is 0 Å². The first-order valence-corrected chi connectivity index (χ1v) is 7.91. The molecular weight excluding hydrogens is 224 g/mol. The Hall–Kier alpha value is -0.130. The second-order valence-corrected chi connectivity index (χ2v) is 7.54. The highest BCUT2D eigenvalue weighted by Gasteiger charge is 2.48. The molecule has 5 heteroatoms. The monoisotopic (exact) mass is 244 g/mol. The van der Waals surface area contributed by atoms with E-state index in [1.165, 1.54) is 0 Å². The zero-order valence-electron chi connectivity index (χ0n) is 9.72. The van der Waals surface area contributed by atoms with Crippen LogP contribution in [0.5, 0.6) is 0 Å². The number of hydrogen-bond acceptors (Lipinski definition) is 3. The Balaban J connectivity index is 1.81. The molecule has 0 aromatic rings. The molecule has 4 nitrogen and oxygen atoms in total. The van der Waals surface area contributed by atoms with Crippen LogP contribution in [-0.2, 0) is 10.0 Å². The van der Waals surface area contributed by atoms with E-state index in [4.69, 9.17) is 0 Å². The Labute approximate surface area is 97.4 Å². The van der Waals surface area contributed by atoms with E-state index in [2.05, 4.69) is 12.2 Å². The van der Waals surface area contributed by atoms with Crippen LogP contribution in [-0.4, -0.2) is 43.6 Å². The van der Waals surface area contributed by atoms with Gasteiger partial charge in [-0.1, -0.05) is 0 Å². The molecule has 0 amide bonds. The summed E-state index contributed by atoms with van der Waals surface area (Å²) in [6, 6.07) is 0.444. The lowest BCUT2D eigenvalue weighted by Gasteiger charge is -2.26. The standard InChI is InChI=1S/C11H20N2O2S/c1-8-4-10-5-12-6-11(10)13(8)16(14,15)7-9-2-3-9/h8-12H,2-7H2,1H3. The van der Waals surface area contributed by atoms with Crippen molar-refractivity contribution < 1.29 is 8.42 Å². The van der Waals surface area contributed by atoms with Crippen molar-refractivity contribution in [3.63, 3.8) is 0 Å². The molecule has 3 aliphatic rings. The van der Waals surface area contributed by atoms with Gasteiger partial charge in [-0.3, -0.25) is 0 Å². The van der Waals surface area contributed by atoms with Gasteiger partial charge in [-0.25, -0.2) is 8.42 Å². The largest absolute Gasteiger partial charge is 0.315 e. The number of sulfonamides is 1. The normalized spacial score (nSPS) is 40.2. The first-order chi connectivity index (χ1) is 7.58. The van der Waals surface area contributed by atoms with Crippen molar-refractivity contribution in [2.75, 3.05) is 18.8 Å². The molecule has 3 rings (SSSR count). The molecule has 0 radical (unpaired) electrons. The van der Waals surface area contributed by atoms with Gasteiger partial charge < -0.3 is 5.32 Å². The number of fused-ring (bicyclic) bond motifs is 1. The Morgan fingerprint density at radius 1 is 1.31 bits per heavy atom. The maximum Gasteiger partial charge on any atom is 0.214 e. The summed E-state index contributed by atoms with van der Waals surface area (Å²) in [5.74, 6) is 1.38. The van der Waals surface area contributed by atoms with Gasteiger partial charge in [-0.15, -0.1) is 0 Å². The van der Waals surface area contributed by atoms with Crippen LogP contribution in [0.4, 0.5) is 0 Å². The van der Waals surface area contributed by atoms with Gasteiger partial charge >= 0.3 is 0 Å². The SMILES string of the molecule is CC1CC2CNCC2N1S(=O)(=O)CC1CC1. The van der Waals surface area contributed by atoms with E-state index < -0.39 is 10.0 Å². The molecule has 3 fully saturated rings. The zero-order chi connectivity index (χ0) is 11.3. The maximum absolute atomic E-state index is 12.3. The third kappa shape index (κ3) is 1.79. The third-order valence-corrected chi connectivity index (χ3v) is 6.34. The van der Waals surface area contributed by atoms with Crippen molar-refractivity contribution in [3.05, 3.63) is 0 Å². The lowest BCUT2D eigenvalue weighted by Crippen LogP contribution is -2.44. The molecule has 2 heterocycles. The van der Waals surface area contributed by atoms with E-state index in [1.54, 1.807) is 0 Å². The van der Waals surface area contributed by atoms with Crippen LogP contribution >= 0.6 is 0 Å². The summed E-state index contributed by atoms with van der Waals surface area (Å²) >= 11 is 0. The molecule has 0 bridgehead atoms. The number of rotatable bonds is 3. The van der Waals surface area contributed by atoms with Crippen LogP contribution in [0.25, 0.3) is 0 Å². The van der Waals surface area contributed by atoms with Crippen molar-refractivity contribution in [2.45, 2.75) is 38.3 Å². The van der Waals surface area contributed by atoms with E-state index in [1.807, 2.05) is 4.31 Å². The van der Waals surface area contributed by atoms with Crippen LogP contribution in [0.2, 0.25) is 0 Å². The fraction of sp³-hybridized carbons (Fsp3) is 1.00. The molecule has 0 spiro atoms. The van der Waals surface area contributed by atoms with Crippen molar-refractivity contribution in [3.8, 4) is 0 Å². The quantitative estimate of drug-likeness (QED) is 0.782. The van der Waals surface area contributed by atoms with Gasteiger partial charge in [0.15, 0.2) is 0 Å². The highest BCUT2D eigenvalue weighted by molar-refractivity contribution is 7.89. The molecule has 1 aliphatic carbocycles. The highest BCUT2D eigenvalue weighted by atomic mass is 32.2. The van der Waals surface area contributed by atoms with Gasteiger partial charge in [0, 0.05) is 18.6 Å². The van der Waals surface area contributed by atoms with E-state index in [-0.39, 0.29) is 12.1 Å². The average molecular weight is 244 g/mol. The molecule has 1 N–H and O–H groups in total. The van der Waals surface area contributed by atoms with E-state index in [9.17, 15) is 8.42 Å². The van der Waals surface area contributed by atoms with Crippen LogP contribution in [0.15, 0.2) is 0 Å². The van der Waals surface area contributed by atoms with E-state index in [0.717, 1.165) is 32.4 Å². The maximum atomic E-state index is 12.3. The number of nitrogens with zero attached hydrogens (tertiary/aromatic N) is 1. The average Bonchev–Trinajstić information content (AvgIpc) is 2.73. The Morgan fingerprint density at radius 3 is 2.75 bits per heavy atom. The molecule has 2 saturated heterocycles. The fourth-order valence-corrected chi connectivity index (χ4v) is 5.67. The second-order valence-electron chi connectivity index (χ2n) is 5.62. The number of hydrogen-bond donors (Lipinski definition) is 1. The Bertz CT molecular complexity index is 377. The fourth-order valence-electron chi connectivity index (χ4n) is 3.28. The molecule has 0 aromatic carbocycles. The molecule has 0 aromatic heterocycles. The summed E-state index contributed by atoms with van der Waals surface area (Å²) in [7, 11) is -3.01. The van der Waals surface area contributed by atoms with Gasteiger partial charge in [0.05, 0.1) is 5.75 Å². The lowest BCUT2D eigenvalue weighted by atomic mass is 10.0. The summed E-state index contributed by atoms with van der Waals surface area (Å²) < 4.78 is 26.5. The van der Waals surface area contributed by atoms with Crippen molar-refractivity contribution in [2.24, 2.45) is 11.8 Å². The molecule has 92 valence electrons. The molecule has 16 heavy (non-hydrogen) atoms. The second kappa shape index (κ2) is 3.68. The zero-order valence-corrected chi connectivity index (χ0v) is 10.5. The van der Waals surface area contributed by atoms with Crippen molar-refractivity contribution in [1.29, 1.82) is 0 Å². The van der Waals surface area contributed by atoms with Gasteiger partial charge in [-0.05, 0) is 44.6 Å². The van der Waals surface area contributed by atoms with E-state index >= 15 is 0 Å². The Kier molecular flexibility index (Phi) is 2.53. The smallest absolute Gasteiger partial charge is 0.214 e.